The van der Waals surface area contributed by atoms with Crippen molar-refractivity contribution in [1.82, 2.24) is 14.9 Å². The second-order valence-corrected chi connectivity index (χ2v) is 6.08. The van der Waals surface area contributed by atoms with Gasteiger partial charge in [-0.25, -0.2) is 4.98 Å². The van der Waals surface area contributed by atoms with E-state index in [9.17, 15) is 4.79 Å². The molecule has 0 amide bonds. The third-order valence-corrected chi connectivity index (χ3v) is 4.21. The second-order valence-electron chi connectivity index (χ2n) is 6.08. The van der Waals surface area contributed by atoms with Crippen molar-refractivity contribution < 1.29 is 4.42 Å². The number of rotatable bonds is 2. The Kier molecular flexibility index (Phi) is 3.02. The van der Waals surface area contributed by atoms with Crippen LogP contribution in [0.3, 0.4) is 0 Å². The van der Waals surface area contributed by atoms with E-state index in [1.54, 1.807) is 0 Å². The third kappa shape index (κ3) is 2.20. The fourth-order valence-corrected chi connectivity index (χ4v) is 3.11. The number of hydrogen-bond donors (Lipinski definition) is 2. The number of nitrogens with zero attached hydrogens (tertiary/aromatic N) is 2. The molecule has 3 heterocycles. The van der Waals surface area contributed by atoms with Gasteiger partial charge in [-0.05, 0) is 25.5 Å². The number of nitrogens with two attached hydrogens (primary N) is 1. The highest BCUT2D eigenvalue weighted by Gasteiger charge is 2.21. The van der Waals surface area contributed by atoms with Crippen molar-refractivity contribution in [2.45, 2.75) is 25.9 Å². The maximum Gasteiger partial charge on any atom is 0.294 e. The zero-order valence-electron chi connectivity index (χ0n) is 12.4. The summed E-state index contributed by atoms with van der Waals surface area (Å²) in [5.74, 6) is 0.663. The first-order valence-corrected chi connectivity index (χ1v) is 7.50. The first kappa shape index (κ1) is 13.5. The standard InChI is InChI=1S/C16H18N4O2/c1-9-2-3-12-11(6-9)14-15(22-12)16(21)19-13(18-14)8-20-5-4-10(17)7-20/h2-3,6,10H,4-5,7-8,17H2,1H3,(H,18,19,21)/t10-/m1/s1. The van der Waals surface area contributed by atoms with Crippen molar-refractivity contribution >= 4 is 22.1 Å². The number of aromatic nitrogens is 2. The highest BCUT2D eigenvalue weighted by atomic mass is 16.3. The lowest BCUT2D eigenvalue weighted by Crippen LogP contribution is -2.27. The number of benzene rings is 1. The molecule has 0 bridgehead atoms. The summed E-state index contributed by atoms with van der Waals surface area (Å²) in [4.78, 5) is 21.9. The largest absolute Gasteiger partial charge is 0.449 e. The van der Waals surface area contributed by atoms with Gasteiger partial charge < -0.3 is 15.1 Å². The summed E-state index contributed by atoms with van der Waals surface area (Å²) in [7, 11) is 0. The summed E-state index contributed by atoms with van der Waals surface area (Å²) in [6, 6.07) is 6.06. The van der Waals surface area contributed by atoms with Crippen molar-refractivity contribution in [2.24, 2.45) is 5.73 Å². The lowest BCUT2D eigenvalue weighted by molar-refractivity contribution is 0.318. The average Bonchev–Trinajstić information content (AvgIpc) is 3.03. The van der Waals surface area contributed by atoms with Crippen molar-refractivity contribution in [3.8, 4) is 0 Å². The lowest BCUT2D eigenvalue weighted by atomic mass is 10.2. The van der Waals surface area contributed by atoms with Crippen LogP contribution in [0.1, 0.15) is 17.8 Å². The molecule has 0 spiro atoms. The van der Waals surface area contributed by atoms with Crippen molar-refractivity contribution in [3.63, 3.8) is 0 Å². The molecule has 0 aliphatic carbocycles. The molecule has 3 N–H and O–H groups in total. The summed E-state index contributed by atoms with van der Waals surface area (Å²) < 4.78 is 5.64. The van der Waals surface area contributed by atoms with Crippen LogP contribution >= 0.6 is 0 Å². The van der Waals surface area contributed by atoms with Crippen LogP contribution < -0.4 is 11.3 Å². The molecule has 0 unspecified atom stereocenters. The van der Waals surface area contributed by atoms with Gasteiger partial charge in [0.15, 0.2) is 0 Å². The molecule has 22 heavy (non-hydrogen) atoms. The number of fused-ring (bicyclic) bond motifs is 3. The van der Waals surface area contributed by atoms with Crippen molar-refractivity contribution in [2.75, 3.05) is 13.1 Å². The normalized spacial score (nSPS) is 19.5. The first-order valence-electron chi connectivity index (χ1n) is 7.50. The van der Waals surface area contributed by atoms with Gasteiger partial charge in [-0.1, -0.05) is 11.6 Å². The van der Waals surface area contributed by atoms with E-state index in [0.717, 1.165) is 30.5 Å². The van der Waals surface area contributed by atoms with Gasteiger partial charge in [0, 0.05) is 24.5 Å². The van der Waals surface area contributed by atoms with Crippen LogP contribution in [0.15, 0.2) is 27.4 Å². The van der Waals surface area contributed by atoms with E-state index in [0.29, 0.717) is 29.1 Å². The highest BCUT2D eigenvalue weighted by molar-refractivity contribution is 6.02. The Morgan fingerprint density at radius 2 is 2.36 bits per heavy atom. The summed E-state index contributed by atoms with van der Waals surface area (Å²) in [5, 5.41) is 0.889. The minimum atomic E-state index is -0.225. The van der Waals surface area contributed by atoms with E-state index in [1.807, 2.05) is 25.1 Å². The number of likely N-dealkylation sites (tertiary alicyclic amines) is 1. The van der Waals surface area contributed by atoms with Gasteiger partial charge >= 0.3 is 0 Å². The second kappa shape index (κ2) is 4.93. The fraction of sp³-hybridized carbons (Fsp3) is 0.375. The maximum absolute atomic E-state index is 12.3. The van der Waals surface area contributed by atoms with Gasteiger partial charge in [-0.2, -0.15) is 0 Å². The average molecular weight is 298 g/mol. The van der Waals surface area contributed by atoms with Crippen molar-refractivity contribution in [3.05, 3.63) is 39.9 Å². The van der Waals surface area contributed by atoms with Crippen LogP contribution in [0, 0.1) is 6.92 Å². The van der Waals surface area contributed by atoms with E-state index < -0.39 is 0 Å². The number of nitrogens with one attached hydrogen (secondary N) is 1. The molecular formula is C16H18N4O2. The molecule has 3 aromatic rings. The SMILES string of the molecule is Cc1ccc2oc3c(=O)[nH]c(CN4CC[C@@H](N)C4)nc3c2c1. The number of hydrogen-bond acceptors (Lipinski definition) is 5. The van der Waals surface area contributed by atoms with Crippen LogP contribution in [-0.2, 0) is 6.54 Å². The van der Waals surface area contributed by atoms with E-state index >= 15 is 0 Å². The van der Waals surface area contributed by atoms with Gasteiger partial charge in [0.2, 0.25) is 5.58 Å². The molecule has 1 aliphatic heterocycles. The maximum atomic E-state index is 12.3. The van der Waals surface area contributed by atoms with Crippen LogP contribution in [0.4, 0.5) is 0 Å². The Morgan fingerprint density at radius 1 is 1.50 bits per heavy atom. The number of H-pyrrole nitrogens is 1. The van der Waals surface area contributed by atoms with Gasteiger partial charge in [0.25, 0.3) is 5.56 Å². The van der Waals surface area contributed by atoms with E-state index in [4.69, 9.17) is 10.2 Å². The van der Waals surface area contributed by atoms with Crippen LogP contribution in [0.25, 0.3) is 22.1 Å². The number of furan rings is 1. The van der Waals surface area contributed by atoms with Crippen LogP contribution in [-0.4, -0.2) is 34.0 Å². The molecule has 4 rings (SSSR count). The number of aromatic amines is 1. The zero-order valence-corrected chi connectivity index (χ0v) is 12.4. The summed E-state index contributed by atoms with van der Waals surface area (Å²) in [5.41, 5.74) is 8.44. The van der Waals surface area contributed by atoms with E-state index in [1.165, 1.54) is 0 Å². The molecule has 6 heteroatoms. The van der Waals surface area contributed by atoms with Crippen LogP contribution in [0.2, 0.25) is 0 Å². The molecule has 2 aromatic heterocycles. The van der Waals surface area contributed by atoms with E-state index in [-0.39, 0.29) is 11.6 Å². The predicted octanol–water partition coefficient (Wildman–Crippen LogP) is 1.51. The van der Waals surface area contributed by atoms with Crippen molar-refractivity contribution in [1.29, 1.82) is 0 Å². The smallest absolute Gasteiger partial charge is 0.294 e. The first-order chi connectivity index (χ1) is 10.6. The fourth-order valence-electron chi connectivity index (χ4n) is 3.11. The topological polar surface area (TPSA) is 88.2 Å². The quantitative estimate of drug-likeness (QED) is 0.748. The number of aryl methyl sites for hydroxylation is 1. The Labute approximate surface area is 126 Å². The lowest BCUT2D eigenvalue weighted by Gasteiger charge is -2.13. The Balaban J connectivity index is 1.82. The zero-order chi connectivity index (χ0) is 15.3. The van der Waals surface area contributed by atoms with Crippen LogP contribution in [0.5, 0.6) is 0 Å². The molecule has 1 aromatic carbocycles. The minimum absolute atomic E-state index is 0.216. The van der Waals surface area contributed by atoms with Gasteiger partial charge in [0.1, 0.15) is 16.9 Å². The van der Waals surface area contributed by atoms with E-state index in [2.05, 4.69) is 14.9 Å². The summed E-state index contributed by atoms with van der Waals surface area (Å²) >= 11 is 0. The predicted molar refractivity (Wildman–Crippen MR) is 84.7 cm³/mol. The molecule has 1 fully saturated rings. The Morgan fingerprint density at radius 3 is 3.14 bits per heavy atom. The van der Waals surface area contributed by atoms with Gasteiger partial charge in [-0.3, -0.25) is 9.69 Å². The molecule has 6 nitrogen and oxygen atoms in total. The molecule has 0 saturated carbocycles. The third-order valence-electron chi connectivity index (χ3n) is 4.21. The Hall–Kier alpha value is -2.18. The van der Waals surface area contributed by atoms with Gasteiger partial charge in [-0.15, -0.1) is 0 Å². The van der Waals surface area contributed by atoms with Gasteiger partial charge in [0.05, 0.1) is 6.54 Å². The minimum Gasteiger partial charge on any atom is -0.449 e. The molecule has 1 aliphatic rings. The monoisotopic (exact) mass is 298 g/mol. The Bertz CT molecular complexity index is 912. The molecular weight excluding hydrogens is 280 g/mol. The molecule has 1 saturated heterocycles. The molecule has 114 valence electrons. The summed E-state index contributed by atoms with van der Waals surface area (Å²) in [6.07, 6.45) is 0.986. The molecule has 0 radical (unpaired) electrons. The summed E-state index contributed by atoms with van der Waals surface area (Å²) in [6.45, 7) is 4.40. The highest BCUT2D eigenvalue weighted by Crippen LogP contribution is 2.26. The molecule has 1 atom stereocenters.